The molecule has 0 radical (unpaired) electrons. The molecule has 1 N–H and O–H groups in total. The number of pyridine rings is 1. The maximum Gasteiger partial charge on any atom is 0.226 e. The van der Waals surface area contributed by atoms with Gasteiger partial charge in [-0.05, 0) is 38.0 Å². The lowest BCUT2D eigenvalue weighted by Gasteiger charge is -2.32. The third-order valence-electron chi connectivity index (χ3n) is 4.16. The summed E-state index contributed by atoms with van der Waals surface area (Å²) in [4.78, 5) is 18.7. The Kier molecular flexibility index (Phi) is 4.22. The van der Waals surface area contributed by atoms with E-state index < -0.39 is 0 Å². The molecule has 2 fully saturated rings. The largest absolute Gasteiger partial charge is 0.371 e. The molecule has 1 amide bonds. The van der Waals surface area contributed by atoms with Gasteiger partial charge in [0.2, 0.25) is 5.91 Å². The zero-order chi connectivity index (χ0) is 14.8. The van der Waals surface area contributed by atoms with Gasteiger partial charge in [0.05, 0.1) is 18.1 Å². The van der Waals surface area contributed by atoms with Crippen molar-refractivity contribution in [2.75, 3.05) is 13.1 Å². The van der Waals surface area contributed by atoms with Crippen LogP contribution in [0.3, 0.4) is 0 Å². The minimum atomic E-state index is -0.000148. The second-order valence-corrected chi connectivity index (χ2v) is 6.35. The van der Waals surface area contributed by atoms with Crippen molar-refractivity contribution >= 4 is 5.91 Å². The second-order valence-electron chi connectivity index (χ2n) is 6.35. The average molecular weight is 289 g/mol. The minimum absolute atomic E-state index is 0.000148. The summed E-state index contributed by atoms with van der Waals surface area (Å²) in [6.07, 6.45) is 4.71. The van der Waals surface area contributed by atoms with Crippen molar-refractivity contribution in [3.63, 3.8) is 0 Å². The molecule has 0 saturated carbocycles. The first-order valence-electron chi connectivity index (χ1n) is 7.69. The lowest BCUT2D eigenvalue weighted by atomic mass is 9.99. The number of aromatic nitrogens is 1. The van der Waals surface area contributed by atoms with Gasteiger partial charge in [-0.2, -0.15) is 0 Å². The van der Waals surface area contributed by atoms with Crippen molar-refractivity contribution in [3.05, 3.63) is 30.1 Å². The quantitative estimate of drug-likeness (QED) is 0.905. The maximum atomic E-state index is 12.2. The van der Waals surface area contributed by atoms with Crippen LogP contribution in [0.15, 0.2) is 24.5 Å². The van der Waals surface area contributed by atoms with Crippen LogP contribution in [0, 0.1) is 5.92 Å². The van der Waals surface area contributed by atoms with Crippen molar-refractivity contribution in [2.45, 2.75) is 45.1 Å². The lowest BCUT2D eigenvalue weighted by Crippen LogP contribution is -2.45. The summed E-state index contributed by atoms with van der Waals surface area (Å²) >= 11 is 0. The highest BCUT2D eigenvalue weighted by atomic mass is 16.5. The number of amides is 1. The van der Waals surface area contributed by atoms with Crippen LogP contribution >= 0.6 is 0 Å². The Morgan fingerprint density at radius 3 is 2.90 bits per heavy atom. The highest BCUT2D eigenvalue weighted by Crippen LogP contribution is 2.32. The van der Waals surface area contributed by atoms with Gasteiger partial charge in [0.15, 0.2) is 0 Å². The molecule has 2 aliphatic rings. The number of hydrogen-bond donors (Lipinski definition) is 1. The normalized spacial score (nSPS) is 28.8. The van der Waals surface area contributed by atoms with E-state index in [-0.39, 0.29) is 30.1 Å². The predicted octanol–water partition coefficient (Wildman–Crippen LogP) is 1.20. The van der Waals surface area contributed by atoms with Crippen molar-refractivity contribution < 1.29 is 9.53 Å². The topological polar surface area (TPSA) is 54.5 Å². The molecule has 0 aliphatic carbocycles. The zero-order valence-electron chi connectivity index (χ0n) is 12.7. The number of likely N-dealkylation sites (tertiary alicyclic amines) is 1. The Hall–Kier alpha value is -1.46. The van der Waals surface area contributed by atoms with Crippen LogP contribution in [0.4, 0.5) is 0 Å². The van der Waals surface area contributed by atoms with E-state index >= 15 is 0 Å². The van der Waals surface area contributed by atoms with Crippen LogP contribution < -0.4 is 5.32 Å². The third kappa shape index (κ3) is 3.41. The molecule has 0 aromatic carbocycles. The highest BCUT2D eigenvalue weighted by molar-refractivity contribution is 5.80. The molecule has 1 aromatic heterocycles. The van der Waals surface area contributed by atoms with Gasteiger partial charge in [-0.1, -0.05) is 0 Å². The molecule has 2 bridgehead atoms. The summed E-state index contributed by atoms with van der Waals surface area (Å²) in [6.45, 7) is 6.63. The van der Waals surface area contributed by atoms with Crippen molar-refractivity contribution in [1.82, 2.24) is 15.2 Å². The fourth-order valence-corrected chi connectivity index (χ4v) is 3.28. The van der Waals surface area contributed by atoms with Crippen LogP contribution in [-0.2, 0) is 16.1 Å². The van der Waals surface area contributed by atoms with Crippen molar-refractivity contribution in [1.29, 1.82) is 0 Å². The Balaban J connectivity index is 1.61. The fourth-order valence-electron chi connectivity index (χ4n) is 3.28. The average Bonchev–Trinajstić information content (AvgIpc) is 2.74. The number of rotatable bonds is 4. The van der Waals surface area contributed by atoms with Gasteiger partial charge < -0.3 is 10.1 Å². The Morgan fingerprint density at radius 1 is 1.43 bits per heavy atom. The van der Waals surface area contributed by atoms with Crippen molar-refractivity contribution in [3.8, 4) is 0 Å². The summed E-state index contributed by atoms with van der Waals surface area (Å²) in [5.41, 5.74) is 1.26. The molecular formula is C16H23N3O2. The van der Waals surface area contributed by atoms with Gasteiger partial charge in [-0.3, -0.25) is 14.7 Å². The van der Waals surface area contributed by atoms with E-state index in [1.165, 1.54) is 5.56 Å². The number of hydrogen-bond acceptors (Lipinski definition) is 4. The maximum absolute atomic E-state index is 12.2. The molecule has 3 rings (SSSR count). The molecule has 2 saturated heterocycles. The Labute approximate surface area is 125 Å². The Morgan fingerprint density at radius 2 is 2.19 bits per heavy atom. The summed E-state index contributed by atoms with van der Waals surface area (Å²) in [5, 5.41) is 3.02. The summed E-state index contributed by atoms with van der Waals surface area (Å²) in [7, 11) is 0. The van der Waals surface area contributed by atoms with Crippen LogP contribution in [0.5, 0.6) is 0 Å². The zero-order valence-corrected chi connectivity index (χ0v) is 12.7. The van der Waals surface area contributed by atoms with Crippen LogP contribution in [-0.4, -0.2) is 47.1 Å². The molecule has 2 aliphatic heterocycles. The molecule has 5 heteroatoms. The summed E-state index contributed by atoms with van der Waals surface area (Å²) < 4.78 is 5.97. The predicted molar refractivity (Wildman–Crippen MR) is 79.6 cm³/mol. The lowest BCUT2D eigenvalue weighted by molar-refractivity contribution is -0.128. The van der Waals surface area contributed by atoms with Gasteiger partial charge >= 0.3 is 0 Å². The molecule has 0 spiro atoms. The first-order valence-corrected chi connectivity index (χ1v) is 7.69. The monoisotopic (exact) mass is 289 g/mol. The number of fused-ring (bicyclic) bond motifs is 2. The first kappa shape index (κ1) is 14.5. The molecule has 1 aromatic rings. The molecule has 3 atom stereocenters. The minimum Gasteiger partial charge on any atom is -0.371 e. The fraction of sp³-hybridized carbons (Fsp3) is 0.625. The standard InChI is InChI=1S/C16H23N3O2/c1-11(2)18-16(20)14-7-13-9-19(10-15(14)21-13)8-12-3-5-17-6-4-12/h3-6,11,13-15H,7-10H2,1-2H3,(H,18,20). The van der Waals surface area contributed by atoms with E-state index in [1.54, 1.807) is 0 Å². The van der Waals surface area contributed by atoms with Crippen LogP contribution in [0.2, 0.25) is 0 Å². The number of carbonyl (C=O) groups excluding carboxylic acids is 1. The smallest absolute Gasteiger partial charge is 0.226 e. The second kappa shape index (κ2) is 6.12. The van der Waals surface area contributed by atoms with Gasteiger partial charge in [-0.25, -0.2) is 0 Å². The SMILES string of the molecule is CC(C)NC(=O)C1CC2CN(Cc3ccncc3)CC1O2. The molecular weight excluding hydrogens is 266 g/mol. The Bertz CT molecular complexity index is 492. The van der Waals surface area contributed by atoms with E-state index in [4.69, 9.17) is 4.74 Å². The number of nitrogens with zero attached hydrogens (tertiary/aromatic N) is 2. The number of nitrogens with one attached hydrogen (secondary N) is 1. The molecule has 3 unspecified atom stereocenters. The molecule has 5 nitrogen and oxygen atoms in total. The van der Waals surface area contributed by atoms with Crippen LogP contribution in [0.1, 0.15) is 25.8 Å². The summed E-state index contributed by atoms with van der Waals surface area (Å²) in [6, 6.07) is 4.27. The number of morpholine rings is 1. The molecule has 21 heavy (non-hydrogen) atoms. The highest BCUT2D eigenvalue weighted by Gasteiger charge is 2.44. The van der Waals surface area contributed by atoms with Gasteiger partial charge in [0.25, 0.3) is 0 Å². The summed E-state index contributed by atoms with van der Waals surface area (Å²) in [5.74, 6) is 0.142. The van der Waals surface area contributed by atoms with Gasteiger partial charge in [0, 0.05) is 38.1 Å². The first-order chi connectivity index (χ1) is 10.1. The van der Waals surface area contributed by atoms with E-state index in [9.17, 15) is 4.79 Å². The van der Waals surface area contributed by atoms with Gasteiger partial charge in [-0.15, -0.1) is 0 Å². The van der Waals surface area contributed by atoms with Gasteiger partial charge in [0.1, 0.15) is 0 Å². The third-order valence-corrected chi connectivity index (χ3v) is 4.16. The van der Waals surface area contributed by atoms with Crippen molar-refractivity contribution in [2.24, 2.45) is 5.92 Å². The van der Waals surface area contributed by atoms with E-state index in [1.807, 2.05) is 38.4 Å². The van der Waals surface area contributed by atoms with Crippen LogP contribution in [0.25, 0.3) is 0 Å². The van der Waals surface area contributed by atoms with E-state index in [2.05, 4.69) is 15.2 Å². The van der Waals surface area contributed by atoms with E-state index in [0.717, 1.165) is 26.1 Å². The number of carbonyl (C=O) groups is 1. The number of ether oxygens (including phenoxy) is 1. The van der Waals surface area contributed by atoms with E-state index in [0.29, 0.717) is 0 Å². The molecule has 3 heterocycles. The molecule has 114 valence electrons.